The summed E-state index contributed by atoms with van der Waals surface area (Å²) in [6.07, 6.45) is -4.50. The first kappa shape index (κ1) is 13.1. The highest BCUT2D eigenvalue weighted by Gasteiger charge is 2.28. The summed E-state index contributed by atoms with van der Waals surface area (Å²) in [6, 6.07) is 0. The smallest absolute Gasteiger partial charge is 0.330 e. The van der Waals surface area contributed by atoms with Gasteiger partial charge in [0.1, 0.15) is 0 Å². The van der Waals surface area contributed by atoms with Gasteiger partial charge in [0, 0.05) is 5.75 Å². The van der Waals surface area contributed by atoms with Crippen molar-refractivity contribution in [1.82, 2.24) is 0 Å². The van der Waals surface area contributed by atoms with E-state index in [9.17, 15) is 13.2 Å². The minimum atomic E-state index is -4.50. The van der Waals surface area contributed by atoms with Gasteiger partial charge in [-0.15, -0.1) is 13.2 Å². The van der Waals surface area contributed by atoms with Gasteiger partial charge in [-0.1, -0.05) is 6.92 Å². The lowest BCUT2D eigenvalue weighted by molar-refractivity contribution is -0.322. The summed E-state index contributed by atoms with van der Waals surface area (Å²) in [5.74, 6) is 1.47. The molecule has 0 aromatic rings. The third-order valence-corrected chi connectivity index (χ3v) is 2.56. The van der Waals surface area contributed by atoms with E-state index >= 15 is 0 Å². The maximum absolute atomic E-state index is 11.5. The molecule has 0 saturated heterocycles. The number of thioether (sulfide) groups is 1. The highest BCUT2D eigenvalue weighted by molar-refractivity contribution is 7.99. The van der Waals surface area contributed by atoms with Crippen molar-refractivity contribution in [3.8, 4) is 0 Å². The number of halogens is 3. The zero-order valence-electron chi connectivity index (χ0n) is 7.43. The number of alkyl halides is 3. The Bertz CT molecular complexity index is 131. The molecular weight excluding hydrogens is 203 g/mol. The molecular formula is C7H14F3NOS. The number of rotatable bonds is 6. The molecule has 0 heterocycles. The fourth-order valence-electron chi connectivity index (χ4n) is 0.569. The second-order valence-corrected chi connectivity index (χ2v) is 3.86. The maximum Gasteiger partial charge on any atom is 0.522 e. The number of nitrogens with two attached hydrogens (primary N) is 1. The molecule has 0 rings (SSSR count). The zero-order valence-corrected chi connectivity index (χ0v) is 8.25. The molecule has 0 aliphatic rings. The molecule has 0 aromatic carbocycles. The van der Waals surface area contributed by atoms with Gasteiger partial charge in [-0.3, -0.25) is 4.74 Å². The van der Waals surface area contributed by atoms with E-state index < -0.39 is 6.36 Å². The van der Waals surface area contributed by atoms with Gasteiger partial charge >= 0.3 is 6.36 Å². The van der Waals surface area contributed by atoms with Crippen molar-refractivity contribution in [3.05, 3.63) is 0 Å². The van der Waals surface area contributed by atoms with Gasteiger partial charge in [0.25, 0.3) is 0 Å². The minimum absolute atomic E-state index is 0.286. The van der Waals surface area contributed by atoms with E-state index in [1.807, 2.05) is 6.92 Å². The van der Waals surface area contributed by atoms with E-state index in [4.69, 9.17) is 5.73 Å². The van der Waals surface area contributed by atoms with E-state index in [1.54, 1.807) is 0 Å². The van der Waals surface area contributed by atoms with E-state index in [0.29, 0.717) is 18.2 Å². The SMILES string of the molecule is CC(CN)CSCCOC(F)(F)F. The lowest BCUT2D eigenvalue weighted by Gasteiger charge is -2.09. The molecule has 0 radical (unpaired) electrons. The van der Waals surface area contributed by atoms with Crippen molar-refractivity contribution in [2.24, 2.45) is 11.7 Å². The molecule has 0 fully saturated rings. The molecule has 0 spiro atoms. The van der Waals surface area contributed by atoms with E-state index in [1.165, 1.54) is 11.8 Å². The number of hydrogen-bond acceptors (Lipinski definition) is 3. The predicted molar refractivity (Wildman–Crippen MR) is 47.6 cm³/mol. The van der Waals surface area contributed by atoms with Crippen LogP contribution in [0, 0.1) is 5.92 Å². The fraction of sp³-hybridized carbons (Fsp3) is 1.00. The molecule has 0 saturated carbocycles. The van der Waals surface area contributed by atoms with Crippen molar-refractivity contribution >= 4 is 11.8 Å². The highest BCUT2D eigenvalue weighted by Crippen LogP contribution is 2.16. The Labute approximate surface area is 80.0 Å². The van der Waals surface area contributed by atoms with Gasteiger partial charge in [0.05, 0.1) is 6.61 Å². The Morgan fingerprint density at radius 1 is 1.46 bits per heavy atom. The largest absolute Gasteiger partial charge is 0.522 e. The van der Waals surface area contributed by atoms with Crippen LogP contribution >= 0.6 is 11.8 Å². The average molecular weight is 217 g/mol. The van der Waals surface area contributed by atoms with E-state index in [-0.39, 0.29) is 6.61 Å². The molecule has 0 aromatic heterocycles. The fourth-order valence-corrected chi connectivity index (χ4v) is 1.48. The van der Waals surface area contributed by atoms with Crippen LogP contribution in [0.15, 0.2) is 0 Å². The van der Waals surface area contributed by atoms with Gasteiger partial charge in [-0.2, -0.15) is 11.8 Å². The number of ether oxygens (including phenoxy) is 1. The summed E-state index contributed by atoms with van der Waals surface area (Å²) in [5, 5.41) is 0. The molecule has 6 heteroatoms. The molecule has 0 aliphatic heterocycles. The molecule has 0 amide bonds. The van der Waals surface area contributed by atoms with Crippen molar-refractivity contribution < 1.29 is 17.9 Å². The molecule has 0 bridgehead atoms. The van der Waals surface area contributed by atoms with Gasteiger partial charge in [-0.25, -0.2) is 0 Å². The van der Waals surface area contributed by atoms with Crippen molar-refractivity contribution in [2.75, 3.05) is 24.7 Å². The lowest BCUT2D eigenvalue weighted by Crippen LogP contribution is -2.16. The quantitative estimate of drug-likeness (QED) is 0.690. The summed E-state index contributed by atoms with van der Waals surface area (Å²) in [6.45, 7) is 2.23. The normalized spacial score (nSPS) is 14.5. The monoisotopic (exact) mass is 217 g/mol. The highest BCUT2D eigenvalue weighted by atomic mass is 32.2. The summed E-state index contributed by atoms with van der Waals surface area (Å²) in [5.41, 5.74) is 5.33. The van der Waals surface area contributed by atoms with E-state index in [0.717, 1.165) is 5.75 Å². The lowest BCUT2D eigenvalue weighted by atomic mass is 10.2. The van der Waals surface area contributed by atoms with Crippen LogP contribution in [0.5, 0.6) is 0 Å². The van der Waals surface area contributed by atoms with Crippen molar-refractivity contribution in [2.45, 2.75) is 13.3 Å². The summed E-state index contributed by atoms with van der Waals surface area (Å²) in [7, 11) is 0. The van der Waals surface area contributed by atoms with Crippen LogP contribution in [0.1, 0.15) is 6.92 Å². The van der Waals surface area contributed by atoms with Crippen molar-refractivity contribution in [1.29, 1.82) is 0 Å². The summed E-state index contributed by atoms with van der Waals surface area (Å²) < 4.78 is 38.0. The van der Waals surface area contributed by atoms with Gasteiger partial charge in [0.15, 0.2) is 0 Å². The average Bonchev–Trinajstić information content (AvgIpc) is 2.01. The summed E-state index contributed by atoms with van der Waals surface area (Å²) in [4.78, 5) is 0. The van der Waals surface area contributed by atoms with Gasteiger partial charge < -0.3 is 5.73 Å². The molecule has 80 valence electrons. The topological polar surface area (TPSA) is 35.2 Å². The van der Waals surface area contributed by atoms with Crippen LogP contribution in [0.4, 0.5) is 13.2 Å². The number of hydrogen-bond donors (Lipinski definition) is 1. The molecule has 0 aliphatic carbocycles. The van der Waals surface area contributed by atoms with Crippen LogP contribution in [-0.4, -0.2) is 31.0 Å². The van der Waals surface area contributed by atoms with Crippen LogP contribution in [-0.2, 0) is 4.74 Å². The Hall–Kier alpha value is 0.0600. The molecule has 1 unspecified atom stereocenters. The first-order valence-electron chi connectivity index (χ1n) is 3.94. The molecule has 2 N–H and O–H groups in total. The minimum Gasteiger partial charge on any atom is -0.330 e. The van der Waals surface area contributed by atoms with E-state index in [2.05, 4.69) is 4.74 Å². The summed E-state index contributed by atoms with van der Waals surface area (Å²) >= 11 is 1.42. The second kappa shape index (κ2) is 6.50. The van der Waals surface area contributed by atoms with Gasteiger partial charge in [0.2, 0.25) is 0 Å². The third-order valence-electron chi connectivity index (χ3n) is 1.30. The molecule has 2 nitrogen and oxygen atoms in total. The van der Waals surface area contributed by atoms with Gasteiger partial charge in [-0.05, 0) is 18.2 Å². The van der Waals surface area contributed by atoms with Crippen LogP contribution in [0.3, 0.4) is 0 Å². The van der Waals surface area contributed by atoms with Crippen molar-refractivity contribution in [3.63, 3.8) is 0 Å². The second-order valence-electron chi connectivity index (χ2n) is 2.71. The first-order valence-corrected chi connectivity index (χ1v) is 5.09. The Balaban J connectivity index is 3.18. The Kier molecular flexibility index (Phi) is 6.53. The predicted octanol–water partition coefficient (Wildman–Crippen LogP) is 1.85. The Morgan fingerprint density at radius 3 is 2.54 bits per heavy atom. The van der Waals surface area contributed by atoms with Crippen LogP contribution in [0.25, 0.3) is 0 Å². The molecule has 13 heavy (non-hydrogen) atoms. The standard InChI is InChI=1S/C7H14F3NOS/c1-6(4-11)5-13-3-2-12-7(8,9)10/h6H,2-5,11H2,1H3. The maximum atomic E-state index is 11.5. The first-order chi connectivity index (χ1) is 5.95. The van der Waals surface area contributed by atoms with Crippen LogP contribution in [0.2, 0.25) is 0 Å². The molecule has 1 atom stereocenters. The zero-order chi connectivity index (χ0) is 10.3. The third kappa shape index (κ3) is 9.98. The van der Waals surface area contributed by atoms with Crippen LogP contribution < -0.4 is 5.73 Å². The Morgan fingerprint density at radius 2 is 2.08 bits per heavy atom.